The molecule has 0 spiro atoms. The van der Waals surface area contributed by atoms with Gasteiger partial charge in [-0.1, -0.05) is 54.1 Å². The lowest BCUT2D eigenvalue weighted by Gasteiger charge is -2.06. The fourth-order valence-electron chi connectivity index (χ4n) is 2.26. The van der Waals surface area contributed by atoms with Crippen molar-refractivity contribution in [3.63, 3.8) is 0 Å². The first-order chi connectivity index (χ1) is 12.7. The summed E-state index contributed by atoms with van der Waals surface area (Å²) in [6.45, 7) is 0.495. The molecule has 3 aromatic carbocycles. The molecule has 0 saturated heterocycles. The molecule has 0 aliphatic carbocycles. The Morgan fingerprint density at radius 3 is 2.54 bits per heavy atom. The van der Waals surface area contributed by atoms with Gasteiger partial charge in [-0.2, -0.15) is 5.10 Å². The van der Waals surface area contributed by atoms with Gasteiger partial charge in [0.2, 0.25) is 0 Å². The number of nitrogens with zero attached hydrogens (tertiary/aromatic N) is 1. The quantitative estimate of drug-likeness (QED) is 0.510. The van der Waals surface area contributed by atoms with Gasteiger partial charge < -0.3 is 4.74 Å². The Kier molecular flexibility index (Phi) is 6.01. The first-order valence-electron chi connectivity index (χ1n) is 8.06. The molecule has 0 saturated carbocycles. The lowest BCUT2D eigenvalue weighted by atomic mass is 10.2. The Morgan fingerprint density at radius 2 is 1.77 bits per heavy atom. The summed E-state index contributed by atoms with van der Waals surface area (Å²) >= 11 is 5.81. The smallest absolute Gasteiger partial charge is 0.271 e. The van der Waals surface area contributed by atoms with Crippen molar-refractivity contribution in [1.29, 1.82) is 0 Å². The maximum absolute atomic E-state index is 12.0. The monoisotopic (exact) mass is 364 g/mol. The minimum Gasteiger partial charge on any atom is -0.489 e. The minimum absolute atomic E-state index is 0.297. The van der Waals surface area contributed by atoms with Crippen LogP contribution in [0.15, 0.2) is 84.0 Å². The second-order valence-electron chi connectivity index (χ2n) is 5.55. The van der Waals surface area contributed by atoms with E-state index in [4.69, 9.17) is 16.3 Å². The molecular formula is C21H17ClN2O2. The van der Waals surface area contributed by atoms with E-state index in [0.29, 0.717) is 17.2 Å². The summed E-state index contributed by atoms with van der Waals surface area (Å²) in [4.78, 5) is 12.0. The van der Waals surface area contributed by atoms with Gasteiger partial charge in [-0.15, -0.1) is 0 Å². The Morgan fingerprint density at radius 1 is 1.00 bits per heavy atom. The van der Waals surface area contributed by atoms with E-state index >= 15 is 0 Å². The summed E-state index contributed by atoms with van der Waals surface area (Å²) in [5.41, 5.74) is 4.91. The Bertz CT molecular complexity index is 893. The number of benzene rings is 3. The normalized spacial score (nSPS) is 10.7. The van der Waals surface area contributed by atoms with Gasteiger partial charge in [0.15, 0.2) is 0 Å². The Balaban J connectivity index is 1.56. The van der Waals surface area contributed by atoms with Crippen LogP contribution in [0.5, 0.6) is 5.75 Å². The molecule has 130 valence electrons. The van der Waals surface area contributed by atoms with Gasteiger partial charge in [0.25, 0.3) is 5.91 Å². The molecule has 1 amide bonds. The SMILES string of the molecule is O=C(N/N=C\c1cccc(OCc2ccccc2)c1)c1ccc(Cl)cc1. The van der Waals surface area contributed by atoms with Crippen LogP contribution in [0, 0.1) is 0 Å². The number of amides is 1. The number of carbonyl (C=O) groups excluding carboxylic acids is 1. The first-order valence-corrected chi connectivity index (χ1v) is 8.44. The molecule has 1 N–H and O–H groups in total. The van der Waals surface area contributed by atoms with E-state index in [2.05, 4.69) is 10.5 Å². The molecule has 0 unspecified atom stereocenters. The van der Waals surface area contributed by atoms with Gasteiger partial charge in [0.05, 0.1) is 6.21 Å². The molecule has 3 aromatic rings. The maximum Gasteiger partial charge on any atom is 0.271 e. The molecule has 0 aliphatic rings. The standard InChI is InChI=1S/C21H17ClN2O2/c22-19-11-9-18(10-12-19)21(25)24-23-14-17-7-4-8-20(13-17)26-15-16-5-2-1-3-6-16/h1-14H,15H2,(H,24,25)/b23-14-. The second-order valence-corrected chi connectivity index (χ2v) is 5.99. The van der Waals surface area contributed by atoms with Crippen molar-refractivity contribution in [1.82, 2.24) is 5.43 Å². The van der Waals surface area contributed by atoms with Crippen LogP contribution < -0.4 is 10.2 Å². The molecule has 26 heavy (non-hydrogen) atoms. The summed E-state index contributed by atoms with van der Waals surface area (Å²) in [6.07, 6.45) is 1.57. The summed E-state index contributed by atoms with van der Waals surface area (Å²) in [5, 5.41) is 4.57. The van der Waals surface area contributed by atoms with Crippen LogP contribution in [0.25, 0.3) is 0 Å². The van der Waals surface area contributed by atoms with Gasteiger partial charge in [-0.25, -0.2) is 5.43 Å². The van der Waals surface area contributed by atoms with E-state index in [1.807, 2.05) is 54.6 Å². The third-order valence-corrected chi connectivity index (χ3v) is 3.84. The van der Waals surface area contributed by atoms with Crippen LogP contribution in [-0.2, 0) is 6.61 Å². The van der Waals surface area contributed by atoms with E-state index in [1.165, 1.54) is 0 Å². The largest absolute Gasteiger partial charge is 0.489 e. The topological polar surface area (TPSA) is 50.7 Å². The lowest BCUT2D eigenvalue weighted by molar-refractivity contribution is 0.0955. The number of hydrogen-bond acceptors (Lipinski definition) is 3. The van der Waals surface area contributed by atoms with Crippen molar-refractivity contribution in [2.75, 3.05) is 0 Å². The number of carbonyl (C=O) groups is 1. The minimum atomic E-state index is -0.297. The van der Waals surface area contributed by atoms with Crippen LogP contribution in [0.2, 0.25) is 5.02 Å². The van der Waals surface area contributed by atoms with Crippen LogP contribution in [0.3, 0.4) is 0 Å². The fourth-order valence-corrected chi connectivity index (χ4v) is 2.38. The molecule has 0 heterocycles. The number of rotatable bonds is 6. The van der Waals surface area contributed by atoms with Gasteiger partial charge in [-0.05, 0) is 47.5 Å². The van der Waals surface area contributed by atoms with Gasteiger partial charge >= 0.3 is 0 Å². The maximum atomic E-state index is 12.0. The predicted molar refractivity (Wildman–Crippen MR) is 104 cm³/mol. The van der Waals surface area contributed by atoms with Gasteiger partial charge in [0.1, 0.15) is 12.4 Å². The average Bonchev–Trinajstić information content (AvgIpc) is 2.68. The zero-order chi connectivity index (χ0) is 18.2. The number of ether oxygens (including phenoxy) is 1. The third kappa shape index (κ3) is 5.19. The van der Waals surface area contributed by atoms with Crippen molar-refractivity contribution >= 4 is 23.7 Å². The van der Waals surface area contributed by atoms with Crippen molar-refractivity contribution in [2.24, 2.45) is 5.10 Å². The van der Waals surface area contributed by atoms with E-state index in [9.17, 15) is 4.79 Å². The lowest BCUT2D eigenvalue weighted by Crippen LogP contribution is -2.17. The highest BCUT2D eigenvalue weighted by molar-refractivity contribution is 6.30. The van der Waals surface area contributed by atoms with E-state index < -0.39 is 0 Å². The van der Waals surface area contributed by atoms with Crippen LogP contribution >= 0.6 is 11.6 Å². The van der Waals surface area contributed by atoms with Crippen molar-refractivity contribution in [3.8, 4) is 5.75 Å². The van der Waals surface area contributed by atoms with Gasteiger partial charge in [0, 0.05) is 10.6 Å². The highest BCUT2D eigenvalue weighted by Gasteiger charge is 2.03. The number of nitrogens with one attached hydrogen (secondary N) is 1. The Labute approximate surface area is 157 Å². The second kappa shape index (κ2) is 8.83. The van der Waals surface area contributed by atoms with Crippen molar-refractivity contribution < 1.29 is 9.53 Å². The molecule has 5 heteroatoms. The zero-order valence-electron chi connectivity index (χ0n) is 13.9. The number of hydrazone groups is 1. The molecule has 0 atom stereocenters. The highest BCUT2D eigenvalue weighted by Crippen LogP contribution is 2.14. The molecule has 0 aliphatic heterocycles. The van der Waals surface area contributed by atoms with Gasteiger partial charge in [-0.3, -0.25) is 4.79 Å². The molecular weight excluding hydrogens is 348 g/mol. The molecule has 3 rings (SSSR count). The molecule has 0 fully saturated rings. The van der Waals surface area contributed by atoms with Crippen molar-refractivity contribution in [3.05, 3.63) is 101 Å². The third-order valence-electron chi connectivity index (χ3n) is 3.59. The molecule has 0 aromatic heterocycles. The van der Waals surface area contributed by atoms with E-state index in [-0.39, 0.29) is 5.91 Å². The fraction of sp³-hybridized carbons (Fsp3) is 0.0476. The predicted octanol–water partition coefficient (Wildman–Crippen LogP) is 4.68. The van der Waals surface area contributed by atoms with E-state index in [0.717, 1.165) is 16.9 Å². The van der Waals surface area contributed by atoms with Crippen LogP contribution in [-0.4, -0.2) is 12.1 Å². The highest BCUT2D eigenvalue weighted by atomic mass is 35.5. The molecule has 0 bridgehead atoms. The van der Waals surface area contributed by atoms with E-state index in [1.54, 1.807) is 30.5 Å². The molecule has 4 nitrogen and oxygen atoms in total. The van der Waals surface area contributed by atoms with Crippen molar-refractivity contribution in [2.45, 2.75) is 6.61 Å². The summed E-state index contributed by atoms with van der Waals surface area (Å²) in [5.74, 6) is 0.441. The zero-order valence-corrected chi connectivity index (χ0v) is 14.7. The number of hydrogen-bond donors (Lipinski definition) is 1. The Hall–Kier alpha value is -3.11. The first kappa shape index (κ1) is 17.7. The summed E-state index contributed by atoms with van der Waals surface area (Å²) in [6, 6.07) is 24.1. The number of halogens is 1. The van der Waals surface area contributed by atoms with Crippen LogP contribution in [0.1, 0.15) is 21.5 Å². The van der Waals surface area contributed by atoms with Crippen LogP contribution in [0.4, 0.5) is 0 Å². The average molecular weight is 365 g/mol. The summed E-state index contributed by atoms with van der Waals surface area (Å²) in [7, 11) is 0. The summed E-state index contributed by atoms with van der Waals surface area (Å²) < 4.78 is 5.78. The molecule has 0 radical (unpaired) electrons.